The Bertz CT molecular complexity index is 640. The molecule has 0 atom stereocenters. The minimum atomic E-state index is -0.316. The van der Waals surface area contributed by atoms with Crippen molar-refractivity contribution in [1.29, 1.82) is 0 Å². The van der Waals surface area contributed by atoms with E-state index >= 15 is 0 Å². The van der Waals surface area contributed by atoms with Crippen molar-refractivity contribution in [3.63, 3.8) is 0 Å². The molecule has 0 aliphatic carbocycles. The number of ether oxygens (including phenoxy) is 1. The van der Waals surface area contributed by atoms with Gasteiger partial charge in [-0.3, -0.25) is 0 Å². The fourth-order valence-corrected chi connectivity index (χ4v) is 2.43. The number of hydrogen-bond acceptors (Lipinski definition) is 3. The van der Waals surface area contributed by atoms with Gasteiger partial charge in [-0.2, -0.15) is 0 Å². The van der Waals surface area contributed by atoms with Crippen LogP contribution in [0.1, 0.15) is 33.3 Å². The van der Waals surface area contributed by atoms with E-state index in [1.807, 2.05) is 42.5 Å². The third-order valence-electron chi connectivity index (χ3n) is 4.65. The SMILES string of the molecule is CC1(C)OB(c2ccc(COc3ccccc3)cc2)OC1(C)C.[CH3-].[K+]. The molecule has 3 rings (SSSR count). The molecule has 2 aromatic carbocycles. The van der Waals surface area contributed by atoms with Crippen molar-refractivity contribution >= 4 is 12.6 Å². The van der Waals surface area contributed by atoms with E-state index in [9.17, 15) is 0 Å². The van der Waals surface area contributed by atoms with Crippen LogP contribution in [0, 0.1) is 7.43 Å². The number of para-hydroxylation sites is 1. The predicted octanol–water partition coefficient (Wildman–Crippen LogP) is 1.02. The first-order valence-electron chi connectivity index (χ1n) is 8.00. The summed E-state index contributed by atoms with van der Waals surface area (Å²) in [4.78, 5) is 0. The summed E-state index contributed by atoms with van der Waals surface area (Å²) in [5.41, 5.74) is 1.53. The molecule has 0 amide bonds. The van der Waals surface area contributed by atoms with Crippen molar-refractivity contribution < 1.29 is 65.4 Å². The van der Waals surface area contributed by atoms with Crippen LogP contribution >= 0.6 is 0 Å². The Balaban J connectivity index is 0.00000156. The normalized spacial score (nSPS) is 17.4. The van der Waals surface area contributed by atoms with Gasteiger partial charge in [0.25, 0.3) is 0 Å². The van der Waals surface area contributed by atoms with E-state index in [2.05, 4.69) is 39.8 Å². The van der Waals surface area contributed by atoms with Gasteiger partial charge in [-0.25, -0.2) is 0 Å². The zero-order valence-corrected chi connectivity index (χ0v) is 19.3. The van der Waals surface area contributed by atoms with Gasteiger partial charge in [-0.05, 0) is 50.9 Å². The Morgan fingerprint density at radius 2 is 1.36 bits per heavy atom. The summed E-state index contributed by atoms with van der Waals surface area (Å²) < 4.78 is 17.9. The summed E-state index contributed by atoms with van der Waals surface area (Å²) in [6.45, 7) is 8.81. The average Bonchev–Trinajstić information content (AvgIpc) is 2.75. The topological polar surface area (TPSA) is 27.7 Å². The molecule has 1 aliphatic heterocycles. The molecule has 0 N–H and O–H groups in total. The molecule has 1 saturated heterocycles. The Hall–Kier alpha value is -0.139. The predicted molar refractivity (Wildman–Crippen MR) is 99.3 cm³/mol. The largest absolute Gasteiger partial charge is 1.00 e. The van der Waals surface area contributed by atoms with Gasteiger partial charge in [0.05, 0.1) is 11.2 Å². The minimum Gasteiger partial charge on any atom is -0.489 e. The zero-order valence-electron chi connectivity index (χ0n) is 16.2. The fourth-order valence-electron chi connectivity index (χ4n) is 2.43. The van der Waals surface area contributed by atoms with Crippen molar-refractivity contribution in [2.24, 2.45) is 0 Å². The first-order valence-corrected chi connectivity index (χ1v) is 8.00. The van der Waals surface area contributed by atoms with E-state index < -0.39 is 0 Å². The summed E-state index contributed by atoms with van der Waals surface area (Å²) in [6, 6.07) is 18.0. The number of rotatable bonds is 4. The van der Waals surface area contributed by atoms with E-state index in [-0.39, 0.29) is 77.1 Å². The second-order valence-corrected chi connectivity index (χ2v) is 6.93. The van der Waals surface area contributed by atoms with Crippen molar-refractivity contribution in [2.45, 2.75) is 45.5 Å². The Kier molecular flexibility index (Phi) is 8.41. The van der Waals surface area contributed by atoms with Crippen LogP contribution in [-0.4, -0.2) is 18.3 Å². The molecular formula is C20H26BKO3. The fraction of sp³-hybridized carbons (Fsp3) is 0.350. The van der Waals surface area contributed by atoms with Crippen LogP contribution in [0.4, 0.5) is 0 Å². The van der Waals surface area contributed by atoms with Crippen LogP contribution in [0.2, 0.25) is 0 Å². The molecule has 0 bridgehead atoms. The second-order valence-electron chi connectivity index (χ2n) is 6.93. The second kappa shape index (κ2) is 9.18. The number of hydrogen-bond donors (Lipinski definition) is 0. The van der Waals surface area contributed by atoms with E-state index in [0.29, 0.717) is 6.61 Å². The van der Waals surface area contributed by atoms with E-state index in [4.69, 9.17) is 14.0 Å². The van der Waals surface area contributed by atoms with E-state index in [1.54, 1.807) is 0 Å². The van der Waals surface area contributed by atoms with Gasteiger partial charge in [0.1, 0.15) is 12.4 Å². The molecule has 0 aromatic heterocycles. The smallest absolute Gasteiger partial charge is 0.489 e. The Labute approximate surface area is 195 Å². The van der Waals surface area contributed by atoms with E-state index in [0.717, 1.165) is 16.8 Å². The van der Waals surface area contributed by atoms with Crippen LogP contribution in [-0.2, 0) is 15.9 Å². The molecule has 0 unspecified atom stereocenters. The van der Waals surface area contributed by atoms with Gasteiger partial charge in [-0.15, -0.1) is 0 Å². The van der Waals surface area contributed by atoms with Gasteiger partial charge >= 0.3 is 58.5 Å². The van der Waals surface area contributed by atoms with Gasteiger partial charge < -0.3 is 21.5 Å². The zero-order chi connectivity index (χ0) is 16.5. The molecule has 5 heteroatoms. The van der Waals surface area contributed by atoms with E-state index in [1.165, 1.54) is 0 Å². The van der Waals surface area contributed by atoms with Crippen molar-refractivity contribution in [2.75, 3.05) is 0 Å². The number of benzene rings is 2. The summed E-state index contributed by atoms with van der Waals surface area (Å²) in [6.07, 6.45) is 0. The molecule has 25 heavy (non-hydrogen) atoms. The molecule has 0 saturated carbocycles. The van der Waals surface area contributed by atoms with Crippen LogP contribution in [0.5, 0.6) is 5.75 Å². The molecule has 2 aromatic rings. The molecule has 1 aliphatic rings. The quantitative estimate of drug-likeness (QED) is 0.599. The van der Waals surface area contributed by atoms with Gasteiger partial charge in [0.15, 0.2) is 0 Å². The standard InChI is InChI=1S/C19H23BO3.CH3.K/c1-18(2)19(3,4)23-20(22-18)16-12-10-15(11-13-16)14-21-17-8-6-5-7-9-17;;/h5-13H,14H2,1-4H3;1H3;/q;-1;+1. The van der Waals surface area contributed by atoms with Crippen LogP contribution < -0.4 is 61.6 Å². The van der Waals surface area contributed by atoms with Crippen LogP contribution in [0.3, 0.4) is 0 Å². The van der Waals surface area contributed by atoms with Gasteiger partial charge in [0, 0.05) is 0 Å². The van der Waals surface area contributed by atoms with Crippen molar-refractivity contribution in [3.8, 4) is 5.75 Å². The Morgan fingerprint density at radius 3 is 1.88 bits per heavy atom. The molecule has 128 valence electrons. The van der Waals surface area contributed by atoms with Gasteiger partial charge in [0.2, 0.25) is 0 Å². The summed E-state index contributed by atoms with van der Waals surface area (Å²) in [5.74, 6) is 0.877. The summed E-state index contributed by atoms with van der Waals surface area (Å²) in [5, 5.41) is 0. The van der Waals surface area contributed by atoms with Crippen molar-refractivity contribution in [3.05, 3.63) is 67.6 Å². The Morgan fingerprint density at radius 1 is 0.840 bits per heavy atom. The maximum absolute atomic E-state index is 6.07. The van der Waals surface area contributed by atoms with Crippen LogP contribution in [0.25, 0.3) is 0 Å². The molecule has 0 radical (unpaired) electrons. The van der Waals surface area contributed by atoms with Gasteiger partial charge in [-0.1, -0.05) is 42.5 Å². The average molecular weight is 364 g/mol. The molecule has 0 spiro atoms. The molecule has 1 fully saturated rings. The molecule has 1 heterocycles. The molecular weight excluding hydrogens is 338 g/mol. The first-order chi connectivity index (χ1) is 10.9. The monoisotopic (exact) mass is 364 g/mol. The summed E-state index contributed by atoms with van der Waals surface area (Å²) >= 11 is 0. The minimum absolute atomic E-state index is 0. The molecule has 3 nitrogen and oxygen atoms in total. The first kappa shape index (κ1) is 22.9. The van der Waals surface area contributed by atoms with Crippen LogP contribution in [0.15, 0.2) is 54.6 Å². The third kappa shape index (κ3) is 5.42. The maximum atomic E-state index is 6.07. The maximum Gasteiger partial charge on any atom is 1.00 e. The summed E-state index contributed by atoms with van der Waals surface area (Å²) in [7, 11) is -0.316. The van der Waals surface area contributed by atoms with Crippen molar-refractivity contribution in [1.82, 2.24) is 0 Å². The third-order valence-corrected chi connectivity index (χ3v) is 4.65.